The van der Waals surface area contributed by atoms with Gasteiger partial charge in [0.25, 0.3) is 0 Å². The van der Waals surface area contributed by atoms with Crippen molar-refractivity contribution < 1.29 is 18.9 Å². The molecule has 0 N–H and O–H groups in total. The molecule has 0 fully saturated rings. The molecule has 0 bridgehead atoms. The summed E-state index contributed by atoms with van der Waals surface area (Å²) in [5.41, 5.74) is 3.33. The van der Waals surface area contributed by atoms with E-state index in [1.165, 1.54) is 7.11 Å². The number of ether oxygens (including phenoxy) is 4. The first-order chi connectivity index (χ1) is 14.0. The Bertz CT molecular complexity index is 882. The molecule has 1 aromatic heterocycles. The molecule has 2 rings (SSSR count). The van der Waals surface area contributed by atoms with Gasteiger partial charge in [-0.15, -0.1) is 5.10 Å². The molecule has 8 nitrogen and oxygen atoms in total. The van der Waals surface area contributed by atoms with Gasteiger partial charge in [-0.1, -0.05) is 11.8 Å². The molecule has 29 heavy (non-hydrogen) atoms. The Morgan fingerprint density at radius 2 is 1.76 bits per heavy atom. The number of benzene rings is 1. The molecule has 1 heterocycles. The summed E-state index contributed by atoms with van der Waals surface area (Å²) in [6.45, 7) is 4.39. The van der Waals surface area contributed by atoms with E-state index in [1.807, 2.05) is 43.3 Å². The molecule has 0 aliphatic heterocycles. The number of nitrogens with zero attached hydrogens (tertiary/aromatic N) is 4. The first-order valence-electron chi connectivity index (χ1n) is 8.90. The number of anilines is 1. The van der Waals surface area contributed by atoms with Gasteiger partial charge in [0.1, 0.15) is 6.61 Å². The maximum Gasteiger partial charge on any atom is 0.201 e. The minimum absolute atomic E-state index is 0.241. The predicted octanol–water partition coefficient (Wildman–Crippen LogP) is 3.03. The molecular formula is C21H28N4O4. The van der Waals surface area contributed by atoms with Crippen molar-refractivity contribution in [1.29, 1.82) is 0 Å². The molecule has 0 spiro atoms. The fraction of sp³-hybridized carbons (Fsp3) is 0.333. The molecule has 0 aliphatic rings. The first kappa shape index (κ1) is 22.0. The quantitative estimate of drug-likeness (QED) is 0.448. The van der Waals surface area contributed by atoms with Crippen LogP contribution in [0.4, 0.5) is 5.69 Å². The summed E-state index contributed by atoms with van der Waals surface area (Å²) in [7, 11) is 10.2. The third-order valence-electron chi connectivity index (χ3n) is 4.22. The average molecular weight is 400 g/mol. The summed E-state index contributed by atoms with van der Waals surface area (Å²) in [6, 6.07) is 7.98. The van der Waals surface area contributed by atoms with Gasteiger partial charge in [-0.2, -0.15) is 0 Å². The van der Waals surface area contributed by atoms with Crippen molar-refractivity contribution in [3.8, 4) is 5.69 Å². The normalized spacial score (nSPS) is 12.3. The van der Waals surface area contributed by atoms with Crippen LogP contribution in [0.3, 0.4) is 0 Å². The van der Waals surface area contributed by atoms with Gasteiger partial charge < -0.3 is 23.8 Å². The van der Waals surface area contributed by atoms with Crippen molar-refractivity contribution in [2.75, 3.05) is 54.0 Å². The maximum atomic E-state index is 5.52. The van der Waals surface area contributed by atoms with Crippen molar-refractivity contribution in [1.82, 2.24) is 15.0 Å². The van der Waals surface area contributed by atoms with E-state index < -0.39 is 0 Å². The minimum atomic E-state index is 0.241. The van der Waals surface area contributed by atoms with Gasteiger partial charge in [-0.05, 0) is 35.9 Å². The molecule has 0 radical (unpaired) electrons. The number of rotatable bonds is 10. The lowest BCUT2D eigenvalue weighted by Gasteiger charge is -2.15. The Labute approximate surface area is 171 Å². The summed E-state index contributed by atoms with van der Waals surface area (Å²) in [5, 5.41) is 8.23. The maximum absolute atomic E-state index is 5.52. The molecule has 156 valence electrons. The van der Waals surface area contributed by atoms with Crippen molar-refractivity contribution in [2.45, 2.75) is 0 Å². The number of hydrogen-bond donors (Lipinski definition) is 0. The van der Waals surface area contributed by atoms with Crippen LogP contribution in [-0.4, -0.2) is 64.1 Å². The van der Waals surface area contributed by atoms with Crippen LogP contribution < -0.4 is 4.90 Å². The average Bonchev–Trinajstić information content (AvgIpc) is 3.22. The SMILES string of the molecule is C=C(/C=C(OC)\C(OC)=C(/COC)OC)c1cnnn1-c1ccc(N(C)C)cc1. The Morgan fingerprint density at radius 1 is 1.07 bits per heavy atom. The monoisotopic (exact) mass is 400 g/mol. The largest absolute Gasteiger partial charge is 0.495 e. The van der Waals surface area contributed by atoms with Gasteiger partial charge in [0.15, 0.2) is 11.5 Å². The molecule has 0 amide bonds. The smallest absolute Gasteiger partial charge is 0.201 e. The van der Waals surface area contributed by atoms with Gasteiger partial charge in [-0.3, -0.25) is 0 Å². The highest BCUT2D eigenvalue weighted by Crippen LogP contribution is 2.24. The van der Waals surface area contributed by atoms with Crippen LogP contribution in [-0.2, 0) is 18.9 Å². The lowest BCUT2D eigenvalue weighted by molar-refractivity contribution is 0.130. The van der Waals surface area contributed by atoms with E-state index in [0.717, 1.165) is 17.1 Å². The van der Waals surface area contributed by atoms with Crippen LogP contribution >= 0.6 is 0 Å². The summed E-state index contributed by atoms with van der Waals surface area (Å²) in [5.74, 6) is 1.37. The summed E-state index contributed by atoms with van der Waals surface area (Å²) in [6.07, 6.45) is 3.39. The highest BCUT2D eigenvalue weighted by Gasteiger charge is 2.17. The Kier molecular flexibility index (Phi) is 7.85. The van der Waals surface area contributed by atoms with E-state index in [9.17, 15) is 0 Å². The van der Waals surface area contributed by atoms with E-state index in [4.69, 9.17) is 18.9 Å². The summed E-state index contributed by atoms with van der Waals surface area (Å²) < 4.78 is 23.2. The van der Waals surface area contributed by atoms with E-state index in [0.29, 0.717) is 22.9 Å². The fourth-order valence-corrected chi connectivity index (χ4v) is 2.69. The highest BCUT2D eigenvalue weighted by atomic mass is 16.5. The molecule has 8 heteroatoms. The second kappa shape index (κ2) is 10.3. The van der Waals surface area contributed by atoms with Crippen molar-refractivity contribution in [3.05, 3.63) is 66.1 Å². The van der Waals surface area contributed by atoms with Gasteiger partial charge in [-0.25, -0.2) is 4.68 Å². The van der Waals surface area contributed by atoms with Crippen LogP contribution in [0.15, 0.2) is 60.4 Å². The number of allylic oxidation sites excluding steroid dienone is 2. The number of aromatic nitrogens is 3. The van der Waals surface area contributed by atoms with Crippen LogP contribution in [0, 0.1) is 0 Å². The van der Waals surface area contributed by atoms with Crippen molar-refractivity contribution in [2.24, 2.45) is 0 Å². The third kappa shape index (κ3) is 5.17. The lowest BCUT2D eigenvalue weighted by Crippen LogP contribution is -2.09. The van der Waals surface area contributed by atoms with Gasteiger partial charge in [0.2, 0.25) is 5.76 Å². The second-order valence-corrected chi connectivity index (χ2v) is 6.27. The Morgan fingerprint density at radius 3 is 2.28 bits per heavy atom. The molecule has 0 saturated carbocycles. The van der Waals surface area contributed by atoms with Crippen molar-refractivity contribution in [3.63, 3.8) is 0 Å². The van der Waals surface area contributed by atoms with E-state index in [1.54, 1.807) is 38.3 Å². The van der Waals surface area contributed by atoms with E-state index in [2.05, 4.69) is 16.9 Å². The first-order valence-corrected chi connectivity index (χ1v) is 8.90. The fourth-order valence-electron chi connectivity index (χ4n) is 2.69. The third-order valence-corrected chi connectivity index (χ3v) is 4.22. The molecule has 0 saturated heterocycles. The standard InChI is InChI=1S/C21H28N4O4/c1-15(12-19(27-5)21(29-7)20(28-6)14-26-4)18-13-22-23-25(18)17-10-8-16(9-11-17)24(2)3/h8-13H,1,14H2,2-7H3/b19-12+,21-20-. The van der Waals surface area contributed by atoms with Gasteiger partial charge in [0, 0.05) is 26.9 Å². The molecule has 0 unspecified atom stereocenters. The lowest BCUT2D eigenvalue weighted by atomic mass is 10.1. The van der Waals surface area contributed by atoms with Crippen LogP contribution in [0.1, 0.15) is 5.69 Å². The highest BCUT2D eigenvalue weighted by molar-refractivity contribution is 5.71. The molecular weight excluding hydrogens is 372 g/mol. The van der Waals surface area contributed by atoms with Gasteiger partial charge >= 0.3 is 0 Å². The topological polar surface area (TPSA) is 70.9 Å². The van der Waals surface area contributed by atoms with Crippen LogP contribution in [0.2, 0.25) is 0 Å². The zero-order valence-electron chi connectivity index (χ0n) is 17.8. The van der Waals surface area contributed by atoms with E-state index >= 15 is 0 Å². The molecule has 0 aliphatic carbocycles. The Hall–Kier alpha value is -3.26. The summed E-state index contributed by atoms with van der Waals surface area (Å²) >= 11 is 0. The number of hydrogen-bond acceptors (Lipinski definition) is 7. The van der Waals surface area contributed by atoms with Crippen LogP contribution in [0.5, 0.6) is 0 Å². The zero-order valence-corrected chi connectivity index (χ0v) is 17.8. The van der Waals surface area contributed by atoms with Crippen LogP contribution in [0.25, 0.3) is 11.3 Å². The molecule has 1 aromatic carbocycles. The van der Waals surface area contributed by atoms with E-state index in [-0.39, 0.29) is 6.61 Å². The predicted molar refractivity (Wildman–Crippen MR) is 113 cm³/mol. The zero-order chi connectivity index (χ0) is 21.4. The summed E-state index contributed by atoms with van der Waals surface area (Å²) in [4.78, 5) is 2.03. The number of methoxy groups -OCH3 is 4. The molecule has 0 atom stereocenters. The van der Waals surface area contributed by atoms with Crippen molar-refractivity contribution >= 4 is 11.3 Å². The molecule has 2 aromatic rings. The second-order valence-electron chi connectivity index (χ2n) is 6.27. The Balaban J connectivity index is 2.40. The van der Waals surface area contributed by atoms with Gasteiger partial charge in [0.05, 0.1) is 38.9 Å². The minimum Gasteiger partial charge on any atom is -0.495 e.